The van der Waals surface area contributed by atoms with Gasteiger partial charge in [-0.15, -0.1) is 0 Å². The van der Waals surface area contributed by atoms with Crippen molar-refractivity contribution in [2.24, 2.45) is 5.73 Å². The smallest absolute Gasteiger partial charge is 0.410 e. The van der Waals surface area contributed by atoms with E-state index in [9.17, 15) is 14.4 Å². The summed E-state index contributed by atoms with van der Waals surface area (Å²) in [5.74, 6) is 0.740. The normalized spacial score (nSPS) is 11.4. The Morgan fingerprint density at radius 3 is 1.62 bits per heavy atom. The van der Waals surface area contributed by atoms with E-state index < -0.39 is 17.3 Å². The zero-order valence-electron chi connectivity index (χ0n) is 26.8. The Labute approximate surface area is 252 Å². The van der Waals surface area contributed by atoms with Crippen LogP contribution in [0.5, 0.6) is 5.75 Å². The Bertz CT molecular complexity index is 927. The molecule has 1 aromatic rings. The van der Waals surface area contributed by atoms with Crippen LogP contribution in [0.3, 0.4) is 0 Å². The predicted octanol–water partition coefficient (Wildman–Crippen LogP) is 5.69. The number of ether oxygens (including phenoxy) is 4. The summed E-state index contributed by atoms with van der Waals surface area (Å²) in [5, 5.41) is 2.75. The number of nitrogens with zero attached hydrogens (tertiary/aromatic N) is 2. The third-order valence-corrected chi connectivity index (χ3v) is 5.94. The molecule has 0 aliphatic rings. The fourth-order valence-electron chi connectivity index (χ4n) is 3.83. The third-order valence-electron chi connectivity index (χ3n) is 5.94. The maximum atomic E-state index is 12.9. The van der Waals surface area contributed by atoms with E-state index in [0.717, 1.165) is 24.2 Å². The molecule has 3 amide bonds. The van der Waals surface area contributed by atoms with Gasteiger partial charge in [-0.3, -0.25) is 0 Å². The van der Waals surface area contributed by atoms with Gasteiger partial charge >= 0.3 is 18.3 Å². The average molecular weight is 595 g/mol. The van der Waals surface area contributed by atoms with Crippen LogP contribution >= 0.6 is 0 Å². The highest BCUT2D eigenvalue weighted by Gasteiger charge is 2.23. The Morgan fingerprint density at radius 1 is 0.738 bits per heavy atom. The van der Waals surface area contributed by atoms with Crippen LogP contribution in [0.4, 0.5) is 14.4 Å². The molecule has 0 saturated heterocycles. The quantitative estimate of drug-likeness (QED) is 0.174. The van der Waals surface area contributed by atoms with E-state index in [1.54, 1.807) is 16.9 Å². The number of methoxy groups -OCH3 is 1. The lowest BCUT2D eigenvalue weighted by atomic mass is 10.2. The van der Waals surface area contributed by atoms with Gasteiger partial charge in [-0.25, -0.2) is 14.4 Å². The molecule has 1 aromatic carbocycles. The number of hydrogen-bond donors (Lipinski definition) is 2. The second kappa shape index (κ2) is 19.1. The molecular formula is C31H54N4O7. The van der Waals surface area contributed by atoms with Crippen LogP contribution < -0.4 is 15.8 Å². The molecule has 0 aromatic heterocycles. The molecule has 240 valence electrons. The van der Waals surface area contributed by atoms with Crippen molar-refractivity contribution in [3.8, 4) is 5.75 Å². The molecule has 11 nitrogen and oxygen atoms in total. The number of nitrogens with two attached hydrogens (primary N) is 1. The molecule has 3 N–H and O–H groups in total. The van der Waals surface area contributed by atoms with Gasteiger partial charge in [-0.05, 0) is 104 Å². The van der Waals surface area contributed by atoms with Crippen molar-refractivity contribution in [3.63, 3.8) is 0 Å². The summed E-state index contributed by atoms with van der Waals surface area (Å²) in [7, 11) is 1.60. The minimum atomic E-state index is -0.610. The van der Waals surface area contributed by atoms with Crippen molar-refractivity contribution < 1.29 is 33.3 Å². The van der Waals surface area contributed by atoms with Crippen LogP contribution in [0.15, 0.2) is 24.3 Å². The molecule has 0 atom stereocenters. The SMILES string of the molecule is COc1ccc(COC(=O)NCCCCN(CCCCN(CCCCN)C(=O)OC(C)(C)C)C(=O)OC(C)(C)C)cc1. The lowest BCUT2D eigenvalue weighted by molar-refractivity contribution is 0.0207. The zero-order valence-corrected chi connectivity index (χ0v) is 26.8. The number of nitrogens with one attached hydrogen (secondary N) is 1. The number of hydrogen-bond acceptors (Lipinski definition) is 8. The van der Waals surface area contributed by atoms with Crippen molar-refractivity contribution in [2.45, 2.75) is 97.9 Å². The van der Waals surface area contributed by atoms with Gasteiger partial charge in [-0.2, -0.15) is 0 Å². The lowest BCUT2D eigenvalue weighted by Crippen LogP contribution is -2.39. The number of unbranched alkanes of at least 4 members (excludes halogenated alkanes) is 3. The summed E-state index contributed by atoms with van der Waals surface area (Å²) in [6, 6.07) is 7.31. The first-order chi connectivity index (χ1) is 19.7. The number of amides is 3. The molecule has 0 bridgehead atoms. The number of benzene rings is 1. The second-order valence-electron chi connectivity index (χ2n) is 12.2. The summed E-state index contributed by atoms with van der Waals surface area (Å²) in [6.45, 7) is 14.3. The number of alkyl carbamates (subject to hydrolysis) is 1. The Hall–Kier alpha value is -3.21. The van der Waals surface area contributed by atoms with Gasteiger partial charge in [0.05, 0.1) is 7.11 Å². The lowest BCUT2D eigenvalue weighted by Gasteiger charge is -2.29. The van der Waals surface area contributed by atoms with Gasteiger partial charge in [-0.1, -0.05) is 12.1 Å². The summed E-state index contributed by atoms with van der Waals surface area (Å²) in [4.78, 5) is 41.0. The first-order valence-electron chi connectivity index (χ1n) is 14.9. The van der Waals surface area contributed by atoms with E-state index in [1.165, 1.54) is 0 Å². The highest BCUT2D eigenvalue weighted by Crippen LogP contribution is 2.14. The zero-order chi connectivity index (χ0) is 31.6. The van der Waals surface area contributed by atoms with Crippen LogP contribution in [0.1, 0.15) is 85.6 Å². The molecule has 0 unspecified atom stereocenters. The minimum absolute atomic E-state index is 0.167. The molecule has 42 heavy (non-hydrogen) atoms. The fourth-order valence-corrected chi connectivity index (χ4v) is 3.83. The Morgan fingerprint density at radius 2 is 1.19 bits per heavy atom. The van der Waals surface area contributed by atoms with Crippen LogP contribution in [-0.4, -0.2) is 85.7 Å². The first-order valence-corrected chi connectivity index (χ1v) is 14.9. The van der Waals surface area contributed by atoms with Crippen LogP contribution in [0.2, 0.25) is 0 Å². The van der Waals surface area contributed by atoms with E-state index in [2.05, 4.69) is 5.32 Å². The highest BCUT2D eigenvalue weighted by atomic mass is 16.6. The summed E-state index contributed by atoms with van der Waals surface area (Å²) >= 11 is 0. The maximum absolute atomic E-state index is 12.9. The Balaban J connectivity index is 2.51. The molecule has 0 aliphatic carbocycles. The Kier molecular flexibility index (Phi) is 16.7. The molecule has 0 spiro atoms. The van der Waals surface area contributed by atoms with Gasteiger partial charge in [0.15, 0.2) is 0 Å². The van der Waals surface area contributed by atoms with Gasteiger partial charge in [0.1, 0.15) is 23.6 Å². The second-order valence-corrected chi connectivity index (χ2v) is 12.2. The van der Waals surface area contributed by atoms with Crippen molar-refractivity contribution in [1.82, 2.24) is 15.1 Å². The van der Waals surface area contributed by atoms with Crippen molar-refractivity contribution >= 4 is 18.3 Å². The van der Waals surface area contributed by atoms with Crippen molar-refractivity contribution in [2.75, 3.05) is 46.4 Å². The van der Waals surface area contributed by atoms with E-state index in [1.807, 2.05) is 65.8 Å². The van der Waals surface area contributed by atoms with Crippen LogP contribution in [0, 0.1) is 0 Å². The number of carbonyl (C=O) groups excluding carboxylic acids is 3. The summed E-state index contributed by atoms with van der Waals surface area (Å²) < 4.78 is 21.6. The molecular weight excluding hydrogens is 540 g/mol. The molecule has 0 fully saturated rings. The van der Waals surface area contributed by atoms with Gasteiger partial charge < -0.3 is 39.8 Å². The van der Waals surface area contributed by atoms with E-state index in [4.69, 9.17) is 24.7 Å². The van der Waals surface area contributed by atoms with Crippen LogP contribution in [0.25, 0.3) is 0 Å². The summed E-state index contributed by atoms with van der Waals surface area (Å²) in [6.07, 6.45) is 3.21. The average Bonchev–Trinajstić information content (AvgIpc) is 2.90. The van der Waals surface area contributed by atoms with Crippen molar-refractivity contribution in [3.05, 3.63) is 29.8 Å². The number of carbonyl (C=O) groups is 3. The predicted molar refractivity (Wildman–Crippen MR) is 164 cm³/mol. The largest absolute Gasteiger partial charge is 0.497 e. The summed E-state index contributed by atoms with van der Waals surface area (Å²) in [5.41, 5.74) is 5.31. The topological polar surface area (TPSA) is 133 Å². The van der Waals surface area contributed by atoms with Gasteiger partial charge in [0.2, 0.25) is 0 Å². The van der Waals surface area contributed by atoms with Crippen LogP contribution in [-0.2, 0) is 20.8 Å². The number of rotatable bonds is 17. The van der Waals surface area contributed by atoms with Crippen molar-refractivity contribution in [1.29, 1.82) is 0 Å². The fraction of sp³-hybridized carbons (Fsp3) is 0.710. The molecule has 0 heterocycles. The molecule has 0 radical (unpaired) electrons. The molecule has 0 aliphatic heterocycles. The monoisotopic (exact) mass is 594 g/mol. The van der Waals surface area contributed by atoms with Gasteiger partial charge in [0.25, 0.3) is 0 Å². The molecule has 11 heteroatoms. The molecule has 1 rings (SSSR count). The highest BCUT2D eigenvalue weighted by molar-refractivity contribution is 5.68. The van der Waals surface area contributed by atoms with E-state index in [-0.39, 0.29) is 18.8 Å². The van der Waals surface area contributed by atoms with E-state index in [0.29, 0.717) is 65.0 Å². The standard InChI is InChI=1S/C31H54N4O7/c1-30(2,3)41-28(37)34(20-10-8-18-32)22-12-13-23-35(29(38)42-31(4,5)6)21-11-9-19-33-27(36)40-24-25-14-16-26(39-7)17-15-25/h14-17H,8-13,18-24,32H2,1-7H3,(H,33,36). The van der Waals surface area contributed by atoms with Gasteiger partial charge in [0, 0.05) is 32.7 Å². The third kappa shape index (κ3) is 17.6. The molecule has 0 saturated carbocycles. The first kappa shape index (κ1) is 36.8. The van der Waals surface area contributed by atoms with E-state index >= 15 is 0 Å². The maximum Gasteiger partial charge on any atom is 0.410 e. The minimum Gasteiger partial charge on any atom is -0.497 e.